The minimum Gasteiger partial charge on any atom is -0.330 e. The summed E-state index contributed by atoms with van der Waals surface area (Å²) in [6, 6.07) is 0.315. The normalized spacial score (nSPS) is 42.8. The molecule has 0 heterocycles. The molecule has 1 aliphatic rings. The van der Waals surface area contributed by atoms with Crippen LogP contribution in [0.25, 0.3) is 0 Å². The zero-order chi connectivity index (χ0) is 8.65. The highest BCUT2D eigenvalue weighted by Gasteiger charge is 2.43. The molecule has 1 rings (SSSR count). The van der Waals surface area contributed by atoms with Crippen LogP contribution in [-0.2, 0) is 0 Å². The van der Waals surface area contributed by atoms with Crippen molar-refractivity contribution in [1.82, 2.24) is 0 Å². The molecule has 1 aliphatic carbocycles. The summed E-state index contributed by atoms with van der Waals surface area (Å²) in [4.78, 5) is 0. The lowest BCUT2D eigenvalue weighted by molar-refractivity contribution is 0.253. The second kappa shape index (κ2) is 2.76. The molecule has 3 atom stereocenters. The molecule has 0 radical (unpaired) electrons. The van der Waals surface area contributed by atoms with Gasteiger partial charge in [0.15, 0.2) is 0 Å². The molecule has 2 nitrogen and oxygen atoms in total. The number of rotatable bonds is 1. The summed E-state index contributed by atoms with van der Waals surface area (Å²) >= 11 is 0. The molecule has 11 heavy (non-hydrogen) atoms. The van der Waals surface area contributed by atoms with Gasteiger partial charge in [0.05, 0.1) is 0 Å². The molecule has 1 fully saturated rings. The molecule has 0 bridgehead atoms. The Labute approximate surface area is 69.3 Å². The summed E-state index contributed by atoms with van der Waals surface area (Å²) in [5.41, 5.74) is 12.1. The van der Waals surface area contributed by atoms with E-state index in [4.69, 9.17) is 11.5 Å². The van der Waals surface area contributed by atoms with E-state index in [1.165, 1.54) is 6.42 Å². The van der Waals surface area contributed by atoms with Gasteiger partial charge in [-0.3, -0.25) is 0 Å². The van der Waals surface area contributed by atoms with Crippen LogP contribution in [0, 0.1) is 17.3 Å². The fraction of sp³-hybridized carbons (Fsp3) is 1.00. The average molecular weight is 156 g/mol. The first kappa shape index (κ1) is 9.01. The Morgan fingerprint density at radius 2 is 2.00 bits per heavy atom. The maximum atomic E-state index is 6.03. The van der Waals surface area contributed by atoms with E-state index in [1.54, 1.807) is 0 Å². The van der Waals surface area contributed by atoms with Crippen LogP contribution in [0.3, 0.4) is 0 Å². The largest absolute Gasteiger partial charge is 0.330 e. The van der Waals surface area contributed by atoms with Gasteiger partial charge in [0, 0.05) is 6.04 Å². The fourth-order valence-electron chi connectivity index (χ4n) is 2.51. The van der Waals surface area contributed by atoms with Gasteiger partial charge >= 0.3 is 0 Å². The smallest absolute Gasteiger partial charge is 0.0110 e. The summed E-state index contributed by atoms with van der Waals surface area (Å²) in [6.45, 7) is 7.50. The Balaban J connectivity index is 2.73. The SMILES string of the molecule is CC1CC(C)(C)[C@@H](CN)C1N. The molecule has 2 heteroatoms. The molecule has 0 aromatic heterocycles. The zero-order valence-corrected chi connectivity index (χ0v) is 7.80. The number of hydrogen-bond donors (Lipinski definition) is 2. The highest BCUT2D eigenvalue weighted by molar-refractivity contribution is 4.97. The predicted octanol–water partition coefficient (Wildman–Crippen LogP) is 0.955. The van der Waals surface area contributed by atoms with Gasteiger partial charge in [-0.15, -0.1) is 0 Å². The van der Waals surface area contributed by atoms with Gasteiger partial charge in [-0.2, -0.15) is 0 Å². The Morgan fingerprint density at radius 3 is 2.18 bits per heavy atom. The molecular weight excluding hydrogens is 136 g/mol. The first-order chi connectivity index (χ1) is 4.99. The minimum absolute atomic E-state index is 0.315. The molecule has 0 aliphatic heterocycles. The first-order valence-corrected chi connectivity index (χ1v) is 4.44. The van der Waals surface area contributed by atoms with Crippen LogP contribution < -0.4 is 11.5 Å². The third kappa shape index (κ3) is 1.42. The van der Waals surface area contributed by atoms with Crippen LogP contribution in [0.1, 0.15) is 27.2 Å². The Bertz CT molecular complexity index is 142. The summed E-state index contributed by atoms with van der Waals surface area (Å²) < 4.78 is 0. The average Bonchev–Trinajstić information content (AvgIpc) is 2.03. The highest BCUT2D eigenvalue weighted by atomic mass is 14.8. The van der Waals surface area contributed by atoms with E-state index in [9.17, 15) is 0 Å². The van der Waals surface area contributed by atoms with E-state index >= 15 is 0 Å². The van der Waals surface area contributed by atoms with Crippen molar-refractivity contribution in [2.45, 2.75) is 33.2 Å². The molecule has 0 amide bonds. The van der Waals surface area contributed by atoms with Crippen molar-refractivity contribution in [3.8, 4) is 0 Å². The van der Waals surface area contributed by atoms with Crippen LogP contribution in [0.2, 0.25) is 0 Å². The zero-order valence-electron chi connectivity index (χ0n) is 7.80. The lowest BCUT2D eigenvalue weighted by Crippen LogP contribution is -2.38. The monoisotopic (exact) mass is 156 g/mol. The Hall–Kier alpha value is -0.0800. The van der Waals surface area contributed by atoms with Crippen LogP contribution in [-0.4, -0.2) is 12.6 Å². The lowest BCUT2D eigenvalue weighted by Gasteiger charge is -2.27. The maximum absolute atomic E-state index is 6.03. The van der Waals surface area contributed by atoms with E-state index in [1.807, 2.05) is 0 Å². The summed E-state index contributed by atoms with van der Waals surface area (Å²) in [6.07, 6.45) is 1.22. The molecule has 1 saturated carbocycles. The van der Waals surface area contributed by atoms with E-state index < -0.39 is 0 Å². The van der Waals surface area contributed by atoms with Crippen molar-refractivity contribution in [1.29, 1.82) is 0 Å². The summed E-state index contributed by atoms with van der Waals surface area (Å²) in [7, 11) is 0. The van der Waals surface area contributed by atoms with Crippen molar-refractivity contribution in [3.05, 3.63) is 0 Å². The van der Waals surface area contributed by atoms with Gasteiger partial charge in [0.1, 0.15) is 0 Å². The van der Waals surface area contributed by atoms with Gasteiger partial charge in [0.2, 0.25) is 0 Å². The highest BCUT2D eigenvalue weighted by Crippen LogP contribution is 2.44. The fourth-order valence-corrected chi connectivity index (χ4v) is 2.51. The minimum atomic E-state index is 0.315. The lowest BCUT2D eigenvalue weighted by atomic mass is 9.81. The van der Waals surface area contributed by atoms with E-state index in [0.29, 0.717) is 23.3 Å². The molecule has 4 N–H and O–H groups in total. The quantitative estimate of drug-likeness (QED) is 0.594. The standard InChI is InChI=1S/C9H20N2/c1-6-4-9(2,3)7(5-10)8(6)11/h6-8H,4-5,10-11H2,1-3H3/t6?,7-,8?/m0/s1. The van der Waals surface area contributed by atoms with E-state index in [0.717, 1.165) is 6.54 Å². The number of nitrogens with two attached hydrogens (primary N) is 2. The molecule has 0 saturated heterocycles. The second-order valence-corrected chi connectivity index (χ2v) is 4.59. The van der Waals surface area contributed by atoms with E-state index in [2.05, 4.69) is 20.8 Å². The first-order valence-electron chi connectivity index (χ1n) is 4.44. The topological polar surface area (TPSA) is 52.0 Å². The van der Waals surface area contributed by atoms with Crippen molar-refractivity contribution >= 4 is 0 Å². The molecule has 0 aromatic carbocycles. The molecule has 66 valence electrons. The van der Waals surface area contributed by atoms with Gasteiger partial charge in [0.25, 0.3) is 0 Å². The van der Waals surface area contributed by atoms with Crippen molar-refractivity contribution < 1.29 is 0 Å². The Morgan fingerprint density at radius 1 is 1.45 bits per heavy atom. The van der Waals surface area contributed by atoms with Gasteiger partial charge in [-0.1, -0.05) is 20.8 Å². The van der Waals surface area contributed by atoms with Crippen LogP contribution in [0.15, 0.2) is 0 Å². The molecule has 2 unspecified atom stereocenters. The van der Waals surface area contributed by atoms with Crippen LogP contribution >= 0.6 is 0 Å². The van der Waals surface area contributed by atoms with E-state index in [-0.39, 0.29) is 0 Å². The van der Waals surface area contributed by atoms with Crippen molar-refractivity contribution in [3.63, 3.8) is 0 Å². The van der Waals surface area contributed by atoms with Crippen LogP contribution in [0.4, 0.5) is 0 Å². The van der Waals surface area contributed by atoms with Crippen molar-refractivity contribution in [2.24, 2.45) is 28.7 Å². The third-order valence-corrected chi connectivity index (χ3v) is 3.23. The number of hydrogen-bond acceptors (Lipinski definition) is 2. The third-order valence-electron chi connectivity index (χ3n) is 3.23. The van der Waals surface area contributed by atoms with Gasteiger partial charge in [-0.05, 0) is 30.2 Å². The maximum Gasteiger partial charge on any atom is 0.0110 e. The predicted molar refractivity (Wildman–Crippen MR) is 48.1 cm³/mol. The molecule has 0 spiro atoms. The van der Waals surface area contributed by atoms with Crippen molar-refractivity contribution in [2.75, 3.05) is 6.54 Å². The summed E-state index contributed by atoms with van der Waals surface area (Å²) in [5, 5.41) is 0. The Kier molecular flexibility index (Phi) is 2.26. The van der Waals surface area contributed by atoms with Gasteiger partial charge in [-0.25, -0.2) is 0 Å². The van der Waals surface area contributed by atoms with Crippen LogP contribution in [0.5, 0.6) is 0 Å². The molecule has 0 aromatic rings. The molecular formula is C9H20N2. The summed E-state index contributed by atoms with van der Waals surface area (Å²) in [5.74, 6) is 1.15. The van der Waals surface area contributed by atoms with Gasteiger partial charge < -0.3 is 11.5 Å². The second-order valence-electron chi connectivity index (χ2n) is 4.59.